The number of ether oxygens (including phenoxy) is 1. The fraction of sp³-hybridized carbons (Fsp3) is 0.625. The summed E-state index contributed by atoms with van der Waals surface area (Å²) < 4.78 is 7.95. The van der Waals surface area contributed by atoms with Crippen LogP contribution in [-0.2, 0) is 5.54 Å². The van der Waals surface area contributed by atoms with E-state index < -0.39 is 0 Å². The summed E-state index contributed by atoms with van der Waals surface area (Å²) in [5, 5.41) is 4.33. The third-order valence-electron chi connectivity index (χ3n) is 1.55. The summed E-state index contributed by atoms with van der Waals surface area (Å²) >= 11 is 2.16. The van der Waals surface area contributed by atoms with Gasteiger partial charge >= 0.3 is 0 Å². The minimum atomic E-state index is 0.0245. The smallest absolute Gasteiger partial charge is 0.170 e. The second kappa shape index (κ2) is 3.24. The van der Waals surface area contributed by atoms with E-state index >= 15 is 0 Å². The fourth-order valence-corrected chi connectivity index (χ4v) is 1.41. The predicted octanol–water partition coefficient (Wildman–Crippen LogP) is 2.25. The van der Waals surface area contributed by atoms with E-state index in [-0.39, 0.29) is 5.54 Å². The highest BCUT2D eigenvalue weighted by Gasteiger charge is 2.16. The minimum absolute atomic E-state index is 0.0245. The molecular weight excluding hydrogens is 267 g/mol. The molecule has 0 aliphatic heterocycles. The average molecular weight is 280 g/mol. The summed E-state index contributed by atoms with van der Waals surface area (Å²) in [7, 11) is 1.66. The Labute approximate surface area is 86.2 Å². The summed E-state index contributed by atoms with van der Waals surface area (Å²) in [4.78, 5) is 0. The molecule has 1 aromatic heterocycles. The van der Waals surface area contributed by atoms with Crippen molar-refractivity contribution in [1.29, 1.82) is 0 Å². The Morgan fingerprint density at radius 2 is 2.08 bits per heavy atom. The van der Waals surface area contributed by atoms with Crippen molar-refractivity contribution in [2.45, 2.75) is 26.3 Å². The van der Waals surface area contributed by atoms with Crippen LogP contribution in [-0.4, -0.2) is 16.9 Å². The van der Waals surface area contributed by atoms with Crippen molar-refractivity contribution in [1.82, 2.24) is 9.78 Å². The Hall–Kier alpha value is -0.260. The van der Waals surface area contributed by atoms with Gasteiger partial charge in [0.2, 0.25) is 0 Å². The summed E-state index contributed by atoms with van der Waals surface area (Å²) in [5.74, 6) is 0.838. The van der Waals surface area contributed by atoms with Gasteiger partial charge in [0.1, 0.15) is 0 Å². The molecule has 1 rings (SSSR count). The number of hydrogen-bond acceptors (Lipinski definition) is 2. The lowest BCUT2D eigenvalue weighted by Gasteiger charge is -2.18. The molecule has 0 aromatic carbocycles. The summed E-state index contributed by atoms with van der Waals surface area (Å²) in [6.45, 7) is 6.32. The molecule has 0 saturated heterocycles. The molecule has 4 heteroatoms. The van der Waals surface area contributed by atoms with E-state index in [9.17, 15) is 0 Å². The topological polar surface area (TPSA) is 27.1 Å². The number of halogens is 1. The van der Waals surface area contributed by atoms with Gasteiger partial charge in [-0.1, -0.05) is 0 Å². The zero-order valence-corrected chi connectivity index (χ0v) is 9.92. The lowest BCUT2D eigenvalue weighted by molar-refractivity contribution is 0.351. The van der Waals surface area contributed by atoms with E-state index in [0.29, 0.717) is 0 Å². The second-order valence-corrected chi connectivity index (χ2v) is 4.63. The largest absolute Gasteiger partial charge is 0.492 e. The van der Waals surface area contributed by atoms with Gasteiger partial charge in [-0.25, -0.2) is 0 Å². The number of rotatable bonds is 1. The van der Waals surface area contributed by atoms with Crippen LogP contribution >= 0.6 is 22.6 Å². The van der Waals surface area contributed by atoms with Crippen molar-refractivity contribution in [2.75, 3.05) is 7.11 Å². The third kappa shape index (κ3) is 1.91. The summed E-state index contributed by atoms with van der Waals surface area (Å²) in [6.07, 6.45) is 1.92. The lowest BCUT2D eigenvalue weighted by atomic mass is 10.1. The van der Waals surface area contributed by atoms with Crippen LogP contribution in [0.15, 0.2) is 6.20 Å². The van der Waals surface area contributed by atoms with E-state index in [4.69, 9.17) is 4.74 Å². The van der Waals surface area contributed by atoms with Crippen molar-refractivity contribution in [3.05, 3.63) is 9.90 Å². The Kier molecular flexibility index (Phi) is 2.65. The average Bonchev–Trinajstić information content (AvgIpc) is 2.29. The number of aromatic nitrogens is 2. The van der Waals surface area contributed by atoms with Gasteiger partial charge in [0.05, 0.1) is 18.8 Å². The van der Waals surface area contributed by atoms with Gasteiger partial charge in [-0.05, 0) is 43.4 Å². The first kappa shape index (κ1) is 9.83. The maximum absolute atomic E-state index is 5.13. The normalized spacial score (nSPS) is 11.8. The van der Waals surface area contributed by atoms with Crippen molar-refractivity contribution < 1.29 is 4.74 Å². The SMILES string of the molecule is COc1cn(C(C)(C)C)nc1I. The van der Waals surface area contributed by atoms with Crippen molar-refractivity contribution in [3.8, 4) is 5.75 Å². The summed E-state index contributed by atoms with van der Waals surface area (Å²) in [6, 6.07) is 0. The van der Waals surface area contributed by atoms with Gasteiger partial charge in [-0.15, -0.1) is 0 Å². The molecule has 0 aliphatic rings. The molecular formula is C8H13IN2O. The molecule has 0 unspecified atom stereocenters. The minimum Gasteiger partial charge on any atom is -0.492 e. The van der Waals surface area contributed by atoms with E-state index in [2.05, 4.69) is 48.5 Å². The molecule has 1 heterocycles. The highest BCUT2D eigenvalue weighted by Crippen LogP contribution is 2.22. The number of nitrogens with zero attached hydrogens (tertiary/aromatic N) is 2. The van der Waals surface area contributed by atoms with Crippen molar-refractivity contribution >= 4 is 22.6 Å². The molecule has 12 heavy (non-hydrogen) atoms. The van der Waals surface area contributed by atoms with Crippen LogP contribution in [0.4, 0.5) is 0 Å². The summed E-state index contributed by atoms with van der Waals surface area (Å²) in [5.41, 5.74) is 0.0245. The van der Waals surface area contributed by atoms with Crippen LogP contribution in [0.3, 0.4) is 0 Å². The molecule has 0 aliphatic carbocycles. The fourth-order valence-electron chi connectivity index (χ4n) is 0.818. The van der Waals surface area contributed by atoms with E-state index in [1.807, 2.05) is 10.9 Å². The van der Waals surface area contributed by atoms with Crippen LogP contribution in [0.2, 0.25) is 0 Å². The molecule has 0 amide bonds. The molecule has 0 saturated carbocycles. The lowest BCUT2D eigenvalue weighted by Crippen LogP contribution is -2.22. The molecule has 0 fully saturated rings. The maximum Gasteiger partial charge on any atom is 0.170 e. The van der Waals surface area contributed by atoms with E-state index in [1.54, 1.807) is 7.11 Å². The third-order valence-corrected chi connectivity index (χ3v) is 2.29. The van der Waals surface area contributed by atoms with Crippen LogP contribution in [0, 0.1) is 3.70 Å². The van der Waals surface area contributed by atoms with Gasteiger partial charge in [0.25, 0.3) is 0 Å². The Bertz CT molecular complexity index is 275. The van der Waals surface area contributed by atoms with Gasteiger partial charge < -0.3 is 4.74 Å². The molecule has 0 bridgehead atoms. The molecule has 0 atom stereocenters. The number of methoxy groups -OCH3 is 1. The predicted molar refractivity (Wildman–Crippen MR) is 56.5 cm³/mol. The van der Waals surface area contributed by atoms with Crippen LogP contribution in [0.25, 0.3) is 0 Å². The van der Waals surface area contributed by atoms with E-state index in [0.717, 1.165) is 9.45 Å². The first-order valence-electron chi connectivity index (χ1n) is 3.75. The van der Waals surface area contributed by atoms with Gasteiger partial charge in [-0.3, -0.25) is 4.68 Å². The maximum atomic E-state index is 5.13. The molecule has 0 radical (unpaired) electrons. The molecule has 0 N–H and O–H groups in total. The highest BCUT2D eigenvalue weighted by molar-refractivity contribution is 14.1. The standard InChI is InChI=1S/C8H13IN2O/c1-8(2,3)11-5-6(12-4)7(9)10-11/h5H,1-4H3. The zero-order valence-electron chi connectivity index (χ0n) is 7.76. The molecule has 3 nitrogen and oxygen atoms in total. The first-order valence-corrected chi connectivity index (χ1v) is 4.82. The number of hydrogen-bond donors (Lipinski definition) is 0. The Morgan fingerprint density at radius 1 is 1.50 bits per heavy atom. The van der Waals surface area contributed by atoms with Crippen LogP contribution in [0.5, 0.6) is 5.75 Å². The van der Waals surface area contributed by atoms with Gasteiger partial charge in [-0.2, -0.15) is 5.10 Å². The molecule has 68 valence electrons. The Morgan fingerprint density at radius 3 is 2.33 bits per heavy atom. The first-order chi connectivity index (χ1) is 5.45. The van der Waals surface area contributed by atoms with E-state index in [1.165, 1.54) is 0 Å². The van der Waals surface area contributed by atoms with Crippen molar-refractivity contribution in [3.63, 3.8) is 0 Å². The Balaban J connectivity index is 3.05. The van der Waals surface area contributed by atoms with Crippen LogP contribution < -0.4 is 4.74 Å². The van der Waals surface area contributed by atoms with Crippen LogP contribution in [0.1, 0.15) is 20.8 Å². The second-order valence-electron chi connectivity index (χ2n) is 3.60. The van der Waals surface area contributed by atoms with Gasteiger partial charge in [0.15, 0.2) is 9.45 Å². The van der Waals surface area contributed by atoms with Crippen molar-refractivity contribution in [2.24, 2.45) is 0 Å². The zero-order chi connectivity index (χ0) is 9.35. The molecule has 0 spiro atoms. The quantitative estimate of drug-likeness (QED) is 0.738. The monoisotopic (exact) mass is 280 g/mol. The highest BCUT2D eigenvalue weighted by atomic mass is 127. The molecule has 1 aromatic rings. The van der Waals surface area contributed by atoms with Gasteiger partial charge in [0, 0.05) is 0 Å².